The van der Waals surface area contributed by atoms with Gasteiger partial charge in [0, 0.05) is 0 Å². The van der Waals surface area contributed by atoms with Crippen LogP contribution in [0.4, 0.5) is 4.39 Å². The molecule has 0 aliphatic carbocycles. The van der Waals surface area contributed by atoms with Crippen molar-refractivity contribution in [2.75, 3.05) is 0 Å². The number of rotatable bonds is 4. The summed E-state index contributed by atoms with van der Waals surface area (Å²) in [4.78, 5) is 22.4. The zero-order chi connectivity index (χ0) is 10.8. The minimum atomic E-state index is -1.97. The van der Waals surface area contributed by atoms with E-state index in [0.29, 0.717) is 0 Å². The quantitative estimate of drug-likeness (QED) is 0.550. The predicted molar refractivity (Wildman–Crippen MR) is 47.8 cm³/mol. The number of carbonyl (C=O) groups is 2. The zero-order valence-electron chi connectivity index (χ0n) is 8.04. The van der Waals surface area contributed by atoms with E-state index in [0.717, 1.165) is 13.8 Å². The van der Waals surface area contributed by atoms with E-state index in [1.165, 1.54) is 18.4 Å². The van der Waals surface area contributed by atoms with Gasteiger partial charge in [0.15, 0.2) is 17.2 Å². The molecule has 0 bridgehead atoms. The topological polar surface area (TPSA) is 47.3 Å². The number of ketones is 2. The van der Waals surface area contributed by atoms with Crippen LogP contribution in [-0.2, 0) is 4.79 Å². The lowest BCUT2D eigenvalue weighted by atomic mass is 10.0. The lowest BCUT2D eigenvalue weighted by Crippen LogP contribution is -2.28. The maximum Gasteiger partial charge on any atom is 0.205 e. The van der Waals surface area contributed by atoms with E-state index >= 15 is 0 Å². The van der Waals surface area contributed by atoms with Crippen LogP contribution in [0.2, 0.25) is 0 Å². The Labute approximate surface area is 80.9 Å². The molecule has 14 heavy (non-hydrogen) atoms. The molecule has 0 unspecified atom stereocenters. The van der Waals surface area contributed by atoms with Crippen molar-refractivity contribution in [3.05, 3.63) is 24.2 Å². The van der Waals surface area contributed by atoms with Crippen molar-refractivity contribution in [2.24, 2.45) is 0 Å². The van der Waals surface area contributed by atoms with Gasteiger partial charge in [-0.25, -0.2) is 4.39 Å². The van der Waals surface area contributed by atoms with Gasteiger partial charge in [-0.1, -0.05) is 0 Å². The Morgan fingerprint density at radius 2 is 2.14 bits per heavy atom. The lowest BCUT2D eigenvalue weighted by molar-refractivity contribution is -0.127. The maximum absolute atomic E-state index is 13.1. The zero-order valence-corrected chi connectivity index (χ0v) is 8.04. The highest BCUT2D eigenvalue weighted by Gasteiger charge is 2.29. The van der Waals surface area contributed by atoms with Crippen molar-refractivity contribution in [3.63, 3.8) is 0 Å². The van der Waals surface area contributed by atoms with E-state index in [2.05, 4.69) is 0 Å². The second kappa shape index (κ2) is 3.74. The number of hydrogen-bond donors (Lipinski definition) is 0. The van der Waals surface area contributed by atoms with Crippen LogP contribution >= 0.6 is 0 Å². The third kappa shape index (κ3) is 2.52. The second-order valence-electron chi connectivity index (χ2n) is 3.47. The summed E-state index contributed by atoms with van der Waals surface area (Å²) in [5.74, 6) is -1.15. The molecule has 0 saturated carbocycles. The molecule has 0 aliphatic heterocycles. The third-order valence-corrected chi connectivity index (χ3v) is 1.78. The van der Waals surface area contributed by atoms with Crippen LogP contribution in [0.3, 0.4) is 0 Å². The van der Waals surface area contributed by atoms with Crippen LogP contribution in [0.25, 0.3) is 0 Å². The molecule has 0 atom stereocenters. The SMILES string of the molecule is CC(C)(F)C(=O)CC(=O)c1ccco1. The van der Waals surface area contributed by atoms with E-state index in [9.17, 15) is 14.0 Å². The molecule has 76 valence electrons. The fourth-order valence-electron chi connectivity index (χ4n) is 0.880. The Kier molecular flexibility index (Phi) is 2.84. The smallest absolute Gasteiger partial charge is 0.205 e. The molecule has 0 spiro atoms. The normalized spacial score (nSPS) is 11.4. The molecule has 0 aliphatic rings. The van der Waals surface area contributed by atoms with Gasteiger partial charge in [-0.2, -0.15) is 0 Å². The van der Waals surface area contributed by atoms with Gasteiger partial charge in [0.1, 0.15) is 0 Å². The monoisotopic (exact) mass is 198 g/mol. The van der Waals surface area contributed by atoms with Crippen molar-refractivity contribution in [3.8, 4) is 0 Å². The minimum absolute atomic E-state index is 0.0857. The molecule has 0 amide bonds. The van der Waals surface area contributed by atoms with E-state index in [1.807, 2.05) is 0 Å². The molecular formula is C10H11FO3. The summed E-state index contributed by atoms with van der Waals surface area (Å²) in [6.45, 7) is 2.26. The first-order valence-electron chi connectivity index (χ1n) is 4.20. The summed E-state index contributed by atoms with van der Waals surface area (Å²) in [5, 5.41) is 0. The molecule has 0 N–H and O–H groups in total. The molecule has 0 radical (unpaired) electrons. The van der Waals surface area contributed by atoms with Crippen LogP contribution in [0.5, 0.6) is 0 Å². The second-order valence-corrected chi connectivity index (χ2v) is 3.47. The Hall–Kier alpha value is -1.45. The van der Waals surface area contributed by atoms with E-state index in [-0.39, 0.29) is 5.76 Å². The Morgan fingerprint density at radius 3 is 2.57 bits per heavy atom. The lowest BCUT2D eigenvalue weighted by Gasteiger charge is -2.10. The van der Waals surface area contributed by atoms with E-state index in [1.54, 1.807) is 0 Å². The molecular weight excluding hydrogens is 187 g/mol. The van der Waals surface area contributed by atoms with Gasteiger partial charge in [-0.15, -0.1) is 0 Å². The predicted octanol–water partition coefficient (Wildman–Crippen LogP) is 2.17. The molecule has 1 aromatic heterocycles. The highest BCUT2D eigenvalue weighted by Crippen LogP contribution is 2.14. The standard InChI is InChI=1S/C10H11FO3/c1-10(2,11)9(13)6-7(12)8-4-3-5-14-8/h3-5H,6H2,1-2H3. The summed E-state index contributed by atoms with van der Waals surface area (Å²) < 4.78 is 17.8. The summed E-state index contributed by atoms with van der Waals surface area (Å²) in [6, 6.07) is 2.99. The van der Waals surface area contributed by atoms with Gasteiger partial charge in [0.25, 0.3) is 0 Å². The number of alkyl halides is 1. The summed E-state index contributed by atoms with van der Waals surface area (Å²) in [6.07, 6.45) is 0.870. The van der Waals surface area contributed by atoms with Crippen molar-refractivity contribution in [1.29, 1.82) is 0 Å². The highest BCUT2D eigenvalue weighted by atomic mass is 19.1. The summed E-state index contributed by atoms with van der Waals surface area (Å²) in [5.41, 5.74) is -1.97. The number of halogens is 1. The highest BCUT2D eigenvalue weighted by molar-refractivity contribution is 6.08. The van der Waals surface area contributed by atoms with Crippen LogP contribution in [0, 0.1) is 0 Å². The number of hydrogen-bond acceptors (Lipinski definition) is 3. The average molecular weight is 198 g/mol. The number of carbonyl (C=O) groups excluding carboxylic acids is 2. The Morgan fingerprint density at radius 1 is 1.50 bits per heavy atom. The Bertz CT molecular complexity index is 333. The summed E-state index contributed by atoms with van der Waals surface area (Å²) >= 11 is 0. The van der Waals surface area contributed by atoms with Gasteiger partial charge >= 0.3 is 0 Å². The first-order valence-corrected chi connectivity index (χ1v) is 4.20. The first-order chi connectivity index (χ1) is 6.41. The van der Waals surface area contributed by atoms with E-state index < -0.39 is 23.7 Å². The molecule has 1 aromatic rings. The van der Waals surface area contributed by atoms with E-state index in [4.69, 9.17) is 4.42 Å². The number of Topliss-reactive ketones (excluding diaryl/α,β-unsaturated/α-hetero) is 2. The van der Waals surface area contributed by atoms with Gasteiger partial charge < -0.3 is 4.42 Å². The van der Waals surface area contributed by atoms with Crippen LogP contribution in [0.1, 0.15) is 30.8 Å². The molecule has 0 fully saturated rings. The van der Waals surface area contributed by atoms with Gasteiger partial charge in [0.2, 0.25) is 5.78 Å². The van der Waals surface area contributed by atoms with Crippen LogP contribution < -0.4 is 0 Å². The van der Waals surface area contributed by atoms with Crippen molar-refractivity contribution in [1.82, 2.24) is 0 Å². The number of furan rings is 1. The molecule has 3 nitrogen and oxygen atoms in total. The van der Waals surface area contributed by atoms with Crippen LogP contribution in [-0.4, -0.2) is 17.2 Å². The molecule has 1 rings (SSSR count). The van der Waals surface area contributed by atoms with Gasteiger partial charge in [-0.3, -0.25) is 9.59 Å². The van der Waals surface area contributed by atoms with Gasteiger partial charge in [-0.05, 0) is 26.0 Å². The molecule has 0 aromatic carbocycles. The molecule has 4 heteroatoms. The fraction of sp³-hybridized carbons (Fsp3) is 0.400. The maximum atomic E-state index is 13.1. The molecule has 1 heterocycles. The van der Waals surface area contributed by atoms with Crippen molar-refractivity contribution in [2.45, 2.75) is 25.9 Å². The summed E-state index contributed by atoms with van der Waals surface area (Å²) in [7, 11) is 0. The van der Waals surface area contributed by atoms with Crippen LogP contribution in [0.15, 0.2) is 22.8 Å². The molecule has 0 saturated heterocycles. The third-order valence-electron chi connectivity index (χ3n) is 1.78. The average Bonchev–Trinajstić information content (AvgIpc) is 2.53. The largest absolute Gasteiger partial charge is 0.461 e. The van der Waals surface area contributed by atoms with Crippen molar-refractivity contribution < 1.29 is 18.4 Å². The van der Waals surface area contributed by atoms with Crippen molar-refractivity contribution >= 4 is 11.6 Å². The fourth-order valence-corrected chi connectivity index (χ4v) is 0.880. The minimum Gasteiger partial charge on any atom is -0.461 e. The Balaban J connectivity index is 2.63. The van der Waals surface area contributed by atoms with Gasteiger partial charge in [0.05, 0.1) is 12.7 Å². The first kappa shape index (κ1) is 10.6.